The first-order valence-corrected chi connectivity index (χ1v) is 7.38. The van der Waals surface area contributed by atoms with Gasteiger partial charge in [0.15, 0.2) is 0 Å². The normalized spacial score (nSPS) is 19.4. The minimum Gasteiger partial charge on any atom is -0.372 e. The summed E-state index contributed by atoms with van der Waals surface area (Å²) in [6, 6.07) is 9.61. The van der Waals surface area contributed by atoms with Crippen LogP contribution in [0.4, 0.5) is 5.69 Å². The van der Waals surface area contributed by atoms with Crippen LogP contribution in [0.2, 0.25) is 0 Å². The van der Waals surface area contributed by atoms with Gasteiger partial charge in [0, 0.05) is 24.8 Å². The minimum atomic E-state index is 0.169. The zero-order valence-corrected chi connectivity index (χ0v) is 12.5. The van der Waals surface area contributed by atoms with Crippen LogP contribution in [0.15, 0.2) is 24.3 Å². The van der Waals surface area contributed by atoms with Crippen molar-refractivity contribution in [3.05, 3.63) is 29.8 Å². The standard InChI is InChI=1S/C16H27N3/c1-4-16(17)13-5-7-14(8-6-13)19(3)15-9-11-18(2)12-10-15/h5-8,15-16H,4,9-12,17H2,1-3H3/t16-/m0/s1. The van der Waals surface area contributed by atoms with Gasteiger partial charge in [0.1, 0.15) is 0 Å². The molecule has 0 radical (unpaired) electrons. The van der Waals surface area contributed by atoms with Crippen molar-refractivity contribution in [1.82, 2.24) is 4.90 Å². The van der Waals surface area contributed by atoms with Crippen LogP contribution in [0.3, 0.4) is 0 Å². The van der Waals surface area contributed by atoms with Crippen molar-refractivity contribution in [3.8, 4) is 0 Å². The van der Waals surface area contributed by atoms with Gasteiger partial charge in [-0.3, -0.25) is 0 Å². The van der Waals surface area contributed by atoms with E-state index < -0.39 is 0 Å². The van der Waals surface area contributed by atoms with Crippen LogP contribution in [0.25, 0.3) is 0 Å². The Morgan fingerprint density at radius 1 is 1.26 bits per heavy atom. The molecule has 2 N–H and O–H groups in total. The first-order chi connectivity index (χ1) is 9.11. The topological polar surface area (TPSA) is 32.5 Å². The maximum absolute atomic E-state index is 6.06. The van der Waals surface area contributed by atoms with Gasteiger partial charge in [-0.25, -0.2) is 0 Å². The molecular weight excluding hydrogens is 234 g/mol. The third-order valence-corrected chi connectivity index (χ3v) is 4.40. The molecule has 0 saturated carbocycles. The fraction of sp³-hybridized carbons (Fsp3) is 0.625. The zero-order chi connectivity index (χ0) is 13.8. The molecule has 1 aliphatic heterocycles. The first kappa shape index (κ1) is 14.4. The molecule has 1 atom stereocenters. The van der Waals surface area contributed by atoms with Crippen LogP contribution in [-0.2, 0) is 0 Å². The molecular formula is C16H27N3. The van der Waals surface area contributed by atoms with Gasteiger partial charge in [-0.2, -0.15) is 0 Å². The number of likely N-dealkylation sites (tertiary alicyclic amines) is 1. The summed E-state index contributed by atoms with van der Waals surface area (Å²) in [6.45, 7) is 4.53. The average Bonchev–Trinajstić information content (AvgIpc) is 2.46. The van der Waals surface area contributed by atoms with Crippen LogP contribution in [0, 0.1) is 0 Å². The number of hydrogen-bond acceptors (Lipinski definition) is 3. The summed E-state index contributed by atoms with van der Waals surface area (Å²) < 4.78 is 0. The quantitative estimate of drug-likeness (QED) is 0.904. The van der Waals surface area contributed by atoms with Crippen molar-refractivity contribution in [1.29, 1.82) is 0 Å². The smallest absolute Gasteiger partial charge is 0.0366 e. The molecule has 2 rings (SSSR count). The lowest BCUT2D eigenvalue weighted by molar-refractivity contribution is 0.253. The predicted molar refractivity (Wildman–Crippen MR) is 82.6 cm³/mol. The monoisotopic (exact) mass is 261 g/mol. The predicted octanol–water partition coefficient (Wildman–Crippen LogP) is 2.63. The Hall–Kier alpha value is -1.06. The van der Waals surface area contributed by atoms with Crippen LogP contribution < -0.4 is 10.6 Å². The van der Waals surface area contributed by atoms with Gasteiger partial charge >= 0.3 is 0 Å². The second-order valence-electron chi connectivity index (χ2n) is 5.75. The molecule has 106 valence electrons. The lowest BCUT2D eigenvalue weighted by Crippen LogP contribution is -2.41. The molecule has 1 aromatic carbocycles. The van der Waals surface area contributed by atoms with Crippen molar-refractivity contribution >= 4 is 5.69 Å². The van der Waals surface area contributed by atoms with E-state index in [1.807, 2.05) is 0 Å². The number of anilines is 1. The zero-order valence-electron chi connectivity index (χ0n) is 12.5. The molecule has 0 spiro atoms. The molecule has 1 aromatic rings. The lowest BCUT2D eigenvalue weighted by atomic mass is 10.0. The summed E-state index contributed by atoms with van der Waals surface area (Å²) in [5, 5.41) is 0. The fourth-order valence-corrected chi connectivity index (χ4v) is 2.79. The Labute approximate surface area is 117 Å². The Balaban J connectivity index is 2.01. The lowest BCUT2D eigenvalue weighted by Gasteiger charge is -2.36. The van der Waals surface area contributed by atoms with E-state index in [2.05, 4.69) is 55.1 Å². The summed E-state index contributed by atoms with van der Waals surface area (Å²) in [7, 11) is 4.42. The van der Waals surface area contributed by atoms with Crippen molar-refractivity contribution < 1.29 is 0 Å². The van der Waals surface area contributed by atoms with Crippen LogP contribution in [-0.4, -0.2) is 38.1 Å². The Morgan fingerprint density at radius 2 is 1.84 bits per heavy atom. The van der Waals surface area contributed by atoms with Gasteiger partial charge in [-0.15, -0.1) is 0 Å². The van der Waals surface area contributed by atoms with Gasteiger partial charge in [0.25, 0.3) is 0 Å². The number of nitrogens with zero attached hydrogens (tertiary/aromatic N) is 2. The molecule has 0 aromatic heterocycles. The highest BCUT2D eigenvalue weighted by molar-refractivity contribution is 5.48. The molecule has 3 nitrogen and oxygen atoms in total. The molecule has 0 bridgehead atoms. The van der Waals surface area contributed by atoms with E-state index in [9.17, 15) is 0 Å². The van der Waals surface area contributed by atoms with Gasteiger partial charge in [0.2, 0.25) is 0 Å². The Bertz CT molecular complexity index is 379. The second kappa shape index (κ2) is 6.40. The molecule has 1 saturated heterocycles. The average molecular weight is 261 g/mol. The van der Waals surface area contributed by atoms with Crippen molar-refractivity contribution in [2.24, 2.45) is 5.73 Å². The number of hydrogen-bond donors (Lipinski definition) is 1. The third-order valence-electron chi connectivity index (χ3n) is 4.40. The molecule has 1 aliphatic rings. The van der Waals surface area contributed by atoms with E-state index in [0.29, 0.717) is 6.04 Å². The van der Waals surface area contributed by atoms with Crippen LogP contribution in [0.5, 0.6) is 0 Å². The molecule has 0 aliphatic carbocycles. The van der Waals surface area contributed by atoms with Crippen molar-refractivity contribution in [3.63, 3.8) is 0 Å². The van der Waals surface area contributed by atoms with Crippen LogP contribution >= 0.6 is 0 Å². The SMILES string of the molecule is CC[C@H](N)c1ccc(N(C)C2CCN(C)CC2)cc1. The van der Waals surface area contributed by atoms with Crippen molar-refractivity contribution in [2.75, 3.05) is 32.1 Å². The number of piperidine rings is 1. The number of rotatable bonds is 4. The minimum absolute atomic E-state index is 0.169. The first-order valence-electron chi connectivity index (χ1n) is 7.38. The van der Waals surface area contributed by atoms with Gasteiger partial charge in [0.05, 0.1) is 0 Å². The van der Waals surface area contributed by atoms with Crippen LogP contribution in [0.1, 0.15) is 37.8 Å². The van der Waals surface area contributed by atoms with E-state index in [1.54, 1.807) is 0 Å². The summed E-state index contributed by atoms with van der Waals surface area (Å²) in [6.07, 6.45) is 3.50. The highest BCUT2D eigenvalue weighted by Gasteiger charge is 2.20. The largest absolute Gasteiger partial charge is 0.372 e. The number of nitrogens with two attached hydrogens (primary N) is 1. The maximum Gasteiger partial charge on any atom is 0.0366 e. The van der Waals surface area contributed by atoms with E-state index in [-0.39, 0.29) is 6.04 Å². The Morgan fingerprint density at radius 3 is 2.37 bits per heavy atom. The van der Waals surface area contributed by atoms with Gasteiger partial charge < -0.3 is 15.5 Å². The summed E-state index contributed by atoms with van der Waals surface area (Å²) in [5.41, 5.74) is 8.61. The molecule has 19 heavy (non-hydrogen) atoms. The molecule has 1 heterocycles. The summed E-state index contributed by atoms with van der Waals surface area (Å²) >= 11 is 0. The fourth-order valence-electron chi connectivity index (χ4n) is 2.79. The highest BCUT2D eigenvalue weighted by atomic mass is 15.2. The van der Waals surface area contributed by atoms with E-state index in [4.69, 9.17) is 5.73 Å². The molecule has 0 unspecified atom stereocenters. The van der Waals surface area contributed by atoms with Gasteiger partial charge in [-0.1, -0.05) is 19.1 Å². The molecule has 1 fully saturated rings. The summed E-state index contributed by atoms with van der Waals surface area (Å²) in [4.78, 5) is 4.84. The molecule has 3 heteroatoms. The third kappa shape index (κ3) is 3.48. The second-order valence-corrected chi connectivity index (χ2v) is 5.75. The molecule has 0 amide bonds. The van der Waals surface area contributed by atoms with Crippen molar-refractivity contribution in [2.45, 2.75) is 38.3 Å². The van der Waals surface area contributed by atoms with E-state index in [1.165, 1.54) is 37.2 Å². The highest BCUT2D eigenvalue weighted by Crippen LogP contribution is 2.23. The maximum atomic E-state index is 6.06. The Kier molecular flexibility index (Phi) is 4.83. The van der Waals surface area contributed by atoms with E-state index in [0.717, 1.165) is 6.42 Å². The van der Waals surface area contributed by atoms with Gasteiger partial charge in [-0.05, 0) is 57.1 Å². The number of benzene rings is 1. The van der Waals surface area contributed by atoms with E-state index >= 15 is 0 Å². The summed E-state index contributed by atoms with van der Waals surface area (Å²) in [5.74, 6) is 0.